The summed E-state index contributed by atoms with van der Waals surface area (Å²) >= 11 is 0. The van der Waals surface area contributed by atoms with Crippen LogP contribution in [0.4, 0.5) is 0 Å². The number of nitrogens with one attached hydrogen (secondary N) is 1. The Hall–Kier alpha value is -0.900. The zero-order valence-electron chi connectivity index (χ0n) is 9.71. The predicted molar refractivity (Wildman–Crippen MR) is 57.6 cm³/mol. The highest BCUT2D eigenvalue weighted by Gasteiger charge is 2.30. The molecule has 4 nitrogen and oxygen atoms in total. The average molecular weight is 209 g/mol. The summed E-state index contributed by atoms with van der Waals surface area (Å²) in [6.07, 6.45) is 3.71. The van der Waals surface area contributed by atoms with Crippen molar-refractivity contribution < 1.29 is 4.52 Å². The normalized spacial score (nSPS) is 17.8. The van der Waals surface area contributed by atoms with Crippen molar-refractivity contribution in [3.05, 3.63) is 11.7 Å². The molecule has 1 aromatic rings. The highest BCUT2D eigenvalue weighted by atomic mass is 16.5. The van der Waals surface area contributed by atoms with Crippen molar-refractivity contribution >= 4 is 0 Å². The lowest BCUT2D eigenvalue weighted by atomic mass is 9.85. The lowest BCUT2D eigenvalue weighted by molar-refractivity contribution is 0.268. The van der Waals surface area contributed by atoms with Crippen LogP contribution in [0.25, 0.3) is 0 Å². The van der Waals surface area contributed by atoms with Crippen LogP contribution in [0.3, 0.4) is 0 Å². The highest BCUT2D eigenvalue weighted by Crippen LogP contribution is 2.35. The first kappa shape index (κ1) is 10.6. The molecular weight excluding hydrogens is 190 g/mol. The number of rotatable bonds is 4. The van der Waals surface area contributed by atoms with Crippen LogP contribution in [0.1, 0.15) is 57.7 Å². The molecule has 0 radical (unpaired) electrons. The first-order valence-electron chi connectivity index (χ1n) is 5.72. The zero-order valence-corrected chi connectivity index (χ0v) is 9.71. The van der Waals surface area contributed by atoms with Crippen molar-refractivity contribution in [3.8, 4) is 0 Å². The molecule has 4 heteroatoms. The van der Waals surface area contributed by atoms with Gasteiger partial charge in [-0.15, -0.1) is 0 Å². The van der Waals surface area contributed by atoms with E-state index in [1.807, 2.05) is 0 Å². The van der Waals surface area contributed by atoms with E-state index in [2.05, 4.69) is 36.2 Å². The summed E-state index contributed by atoms with van der Waals surface area (Å²) in [5.41, 5.74) is -0.219. The number of aromatic nitrogens is 2. The molecule has 0 unspecified atom stereocenters. The van der Waals surface area contributed by atoms with Gasteiger partial charge in [-0.3, -0.25) is 0 Å². The third-order valence-corrected chi connectivity index (χ3v) is 3.07. The van der Waals surface area contributed by atoms with E-state index in [0.717, 1.165) is 12.4 Å². The molecule has 0 amide bonds. The Morgan fingerprint density at radius 2 is 2.20 bits per heavy atom. The average Bonchev–Trinajstić information content (AvgIpc) is 2.50. The third kappa shape index (κ3) is 2.04. The standard InChI is InChI=1S/C11H19N3O/c1-4-12-11(2,3)10-13-9(14-15-10)8-6-5-7-8/h8,12H,4-7H2,1-3H3. The molecule has 0 aromatic carbocycles. The van der Waals surface area contributed by atoms with Gasteiger partial charge in [0.25, 0.3) is 0 Å². The van der Waals surface area contributed by atoms with Crippen LogP contribution >= 0.6 is 0 Å². The Kier molecular flexibility index (Phi) is 2.78. The number of nitrogens with zero attached hydrogens (tertiary/aromatic N) is 2. The minimum atomic E-state index is -0.219. The van der Waals surface area contributed by atoms with Crippen molar-refractivity contribution in [1.82, 2.24) is 15.5 Å². The van der Waals surface area contributed by atoms with Crippen molar-refractivity contribution in [2.75, 3.05) is 6.54 Å². The molecular formula is C11H19N3O. The zero-order chi connectivity index (χ0) is 10.9. The summed E-state index contributed by atoms with van der Waals surface area (Å²) < 4.78 is 5.32. The molecule has 1 aliphatic carbocycles. The third-order valence-electron chi connectivity index (χ3n) is 3.07. The molecule has 2 rings (SSSR count). The number of hydrogen-bond acceptors (Lipinski definition) is 4. The second-order valence-electron chi connectivity index (χ2n) is 4.74. The summed E-state index contributed by atoms with van der Waals surface area (Å²) in [4.78, 5) is 4.48. The van der Waals surface area contributed by atoms with Gasteiger partial charge in [0.1, 0.15) is 0 Å². The summed E-state index contributed by atoms with van der Waals surface area (Å²) in [6.45, 7) is 7.10. The van der Waals surface area contributed by atoms with Crippen LogP contribution < -0.4 is 5.32 Å². The largest absolute Gasteiger partial charge is 0.337 e. The van der Waals surface area contributed by atoms with Crippen molar-refractivity contribution in [1.29, 1.82) is 0 Å². The van der Waals surface area contributed by atoms with E-state index in [1.54, 1.807) is 0 Å². The molecule has 84 valence electrons. The Bertz CT molecular complexity index is 328. The van der Waals surface area contributed by atoms with Crippen molar-refractivity contribution in [2.24, 2.45) is 0 Å². The molecule has 0 spiro atoms. The first-order chi connectivity index (χ1) is 7.13. The van der Waals surface area contributed by atoms with E-state index in [4.69, 9.17) is 4.52 Å². The minimum absolute atomic E-state index is 0.219. The Balaban J connectivity index is 2.11. The van der Waals surface area contributed by atoms with Crippen molar-refractivity contribution in [3.63, 3.8) is 0 Å². The molecule has 1 aromatic heterocycles. The maximum absolute atomic E-state index is 5.32. The summed E-state index contributed by atoms with van der Waals surface area (Å²) in [5.74, 6) is 2.13. The Morgan fingerprint density at radius 3 is 2.73 bits per heavy atom. The van der Waals surface area contributed by atoms with E-state index >= 15 is 0 Å². The number of hydrogen-bond donors (Lipinski definition) is 1. The Labute approximate surface area is 90.4 Å². The molecule has 0 bridgehead atoms. The molecule has 1 heterocycles. The molecule has 15 heavy (non-hydrogen) atoms. The van der Waals surface area contributed by atoms with Crippen LogP contribution in [-0.2, 0) is 5.54 Å². The summed E-state index contributed by atoms with van der Waals surface area (Å²) in [7, 11) is 0. The smallest absolute Gasteiger partial charge is 0.246 e. The second-order valence-corrected chi connectivity index (χ2v) is 4.74. The van der Waals surface area contributed by atoms with Crippen LogP contribution in [0, 0.1) is 0 Å². The fraction of sp³-hybridized carbons (Fsp3) is 0.818. The van der Waals surface area contributed by atoms with Gasteiger partial charge in [-0.2, -0.15) is 4.98 Å². The quantitative estimate of drug-likeness (QED) is 0.825. The van der Waals surface area contributed by atoms with Gasteiger partial charge in [0, 0.05) is 5.92 Å². The minimum Gasteiger partial charge on any atom is -0.337 e. The van der Waals surface area contributed by atoms with E-state index in [1.165, 1.54) is 19.3 Å². The van der Waals surface area contributed by atoms with Gasteiger partial charge in [-0.25, -0.2) is 0 Å². The van der Waals surface area contributed by atoms with Gasteiger partial charge in [-0.1, -0.05) is 18.5 Å². The van der Waals surface area contributed by atoms with Gasteiger partial charge in [0.2, 0.25) is 5.89 Å². The summed E-state index contributed by atoms with van der Waals surface area (Å²) in [6, 6.07) is 0. The van der Waals surface area contributed by atoms with E-state index in [-0.39, 0.29) is 5.54 Å². The Morgan fingerprint density at radius 1 is 1.47 bits per heavy atom. The SMILES string of the molecule is CCNC(C)(C)c1nc(C2CCC2)no1. The first-order valence-corrected chi connectivity index (χ1v) is 5.72. The van der Waals surface area contributed by atoms with Gasteiger partial charge in [0.05, 0.1) is 5.54 Å². The lowest BCUT2D eigenvalue weighted by Gasteiger charge is -2.22. The second kappa shape index (κ2) is 3.93. The van der Waals surface area contributed by atoms with Crippen LogP contribution in [0.5, 0.6) is 0 Å². The molecule has 0 aliphatic heterocycles. The van der Waals surface area contributed by atoms with E-state index < -0.39 is 0 Å². The van der Waals surface area contributed by atoms with Crippen molar-refractivity contribution in [2.45, 2.75) is 51.5 Å². The van der Waals surface area contributed by atoms with Crippen LogP contribution in [0.2, 0.25) is 0 Å². The van der Waals surface area contributed by atoms with E-state index in [9.17, 15) is 0 Å². The van der Waals surface area contributed by atoms with Crippen LogP contribution in [-0.4, -0.2) is 16.7 Å². The molecule has 1 saturated carbocycles. The lowest BCUT2D eigenvalue weighted by Crippen LogP contribution is -2.36. The van der Waals surface area contributed by atoms with E-state index in [0.29, 0.717) is 11.8 Å². The fourth-order valence-corrected chi connectivity index (χ4v) is 1.84. The summed E-state index contributed by atoms with van der Waals surface area (Å²) in [5, 5.41) is 7.39. The maximum atomic E-state index is 5.32. The van der Waals surface area contributed by atoms with Gasteiger partial charge in [-0.05, 0) is 33.2 Å². The van der Waals surface area contributed by atoms with Gasteiger partial charge >= 0.3 is 0 Å². The monoisotopic (exact) mass is 209 g/mol. The predicted octanol–water partition coefficient (Wildman–Crippen LogP) is 2.18. The topological polar surface area (TPSA) is 51.0 Å². The van der Waals surface area contributed by atoms with Gasteiger partial charge < -0.3 is 9.84 Å². The van der Waals surface area contributed by atoms with Crippen LogP contribution in [0.15, 0.2) is 4.52 Å². The highest BCUT2D eigenvalue weighted by molar-refractivity contribution is 5.04. The molecule has 1 fully saturated rings. The molecule has 1 N–H and O–H groups in total. The molecule has 0 saturated heterocycles. The fourth-order valence-electron chi connectivity index (χ4n) is 1.84. The van der Waals surface area contributed by atoms with Gasteiger partial charge in [0.15, 0.2) is 5.82 Å². The molecule has 0 atom stereocenters. The molecule has 1 aliphatic rings. The maximum Gasteiger partial charge on any atom is 0.246 e.